The third-order valence-electron chi connectivity index (χ3n) is 4.38. The summed E-state index contributed by atoms with van der Waals surface area (Å²) in [4.78, 5) is 0. The summed E-state index contributed by atoms with van der Waals surface area (Å²) in [6.45, 7) is 6.89. The summed E-state index contributed by atoms with van der Waals surface area (Å²) < 4.78 is 0. The van der Waals surface area contributed by atoms with E-state index in [9.17, 15) is 0 Å². The number of unbranched alkanes of at least 4 members (excludes halogenated alkanes) is 9. The van der Waals surface area contributed by atoms with Crippen LogP contribution in [0.3, 0.4) is 0 Å². The van der Waals surface area contributed by atoms with Gasteiger partial charge in [0.15, 0.2) is 0 Å². The maximum absolute atomic E-state index is 6.36. The van der Waals surface area contributed by atoms with E-state index in [2.05, 4.69) is 20.8 Å². The number of hydrogen-bond acceptors (Lipinski definition) is 0. The van der Waals surface area contributed by atoms with Crippen molar-refractivity contribution < 1.29 is 15.6 Å². The monoisotopic (exact) mass is 350 g/mol. The van der Waals surface area contributed by atoms with E-state index in [0.29, 0.717) is 0 Å². The van der Waals surface area contributed by atoms with Crippen LogP contribution in [0.4, 0.5) is 0 Å². The molecule has 0 spiro atoms. The number of rotatable bonds is 15. The SMILES string of the molecule is CCCCCC[PH]([Cu])(CCCCCC)CCCCCC. The van der Waals surface area contributed by atoms with Gasteiger partial charge in [0.05, 0.1) is 0 Å². The molecule has 128 valence electrons. The van der Waals surface area contributed by atoms with Crippen LogP contribution in [-0.4, -0.2) is 18.5 Å². The van der Waals surface area contributed by atoms with E-state index in [-0.39, 0.29) is 0 Å². The molecule has 0 heterocycles. The summed E-state index contributed by atoms with van der Waals surface area (Å²) in [5, 5.41) is 0. The van der Waals surface area contributed by atoms with Crippen LogP contribution in [0.5, 0.6) is 0 Å². The van der Waals surface area contributed by atoms with Crippen molar-refractivity contribution in [3.8, 4) is 0 Å². The quantitative estimate of drug-likeness (QED) is 0.170. The zero-order valence-corrected chi connectivity index (χ0v) is 16.3. The third kappa shape index (κ3) is 12.7. The van der Waals surface area contributed by atoms with Gasteiger partial charge >= 0.3 is 138 Å². The van der Waals surface area contributed by atoms with E-state index < -0.39 is 5.95 Å². The Morgan fingerprint density at radius 2 is 0.800 bits per heavy atom. The van der Waals surface area contributed by atoms with Crippen molar-refractivity contribution in [3.63, 3.8) is 0 Å². The Balaban J connectivity index is 3.98. The molecule has 0 N–H and O–H groups in total. The predicted molar refractivity (Wildman–Crippen MR) is 95.3 cm³/mol. The van der Waals surface area contributed by atoms with Crippen LogP contribution in [0.25, 0.3) is 0 Å². The molecular formula is C18H40CuP. The molecule has 0 aliphatic heterocycles. The van der Waals surface area contributed by atoms with Crippen molar-refractivity contribution in [2.75, 3.05) is 18.5 Å². The first kappa shape index (κ1) is 20.9. The number of hydrogen-bond donors (Lipinski definition) is 0. The molecule has 20 heavy (non-hydrogen) atoms. The van der Waals surface area contributed by atoms with Gasteiger partial charge < -0.3 is 0 Å². The van der Waals surface area contributed by atoms with E-state index in [1.807, 2.05) is 0 Å². The van der Waals surface area contributed by atoms with Crippen LogP contribution in [0.15, 0.2) is 0 Å². The molecule has 0 radical (unpaired) electrons. The summed E-state index contributed by atoms with van der Waals surface area (Å²) in [5.74, 6) is -1.34. The minimum atomic E-state index is -1.34. The fourth-order valence-electron chi connectivity index (χ4n) is 2.94. The van der Waals surface area contributed by atoms with Gasteiger partial charge in [0.1, 0.15) is 0 Å². The van der Waals surface area contributed by atoms with Gasteiger partial charge in [0.2, 0.25) is 0 Å². The fraction of sp³-hybridized carbons (Fsp3) is 1.00. The first-order valence-electron chi connectivity index (χ1n) is 9.33. The molecule has 0 atom stereocenters. The molecule has 0 nitrogen and oxygen atoms in total. The van der Waals surface area contributed by atoms with Crippen molar-refractivity contribution in [2.24, 2.45) is 0 Å². The second-order valence-corrected chi connectivity index (χ2v) is 13.1. The second-order valence-electron chi connectivity index (χ2n) is 6.50. The molecule has 0 aromatic rings. The Morgan fingerprint density at radius 1 is 0.500 bits per heavy atom. The van der Waals surface area contributed by atoms with E-state index in [4.69, 9.17) is 15.6 Å². The molecule has 0 rings (SSSR count). The van der Waals surface area contributed by atoms with Crippen LogP contribution in [0.1, 0.15) is 97.8 Å². The second kappa shape index (κ2) is 14.9. The Morgan fingerprint density at radius 3 is 1.05 bits per heavy atom. The van der Waals surface area contributed by atoms with Crippen LogP contribution in [0.2, 0.25) is 0 Å². The Kier molecular flexibility index (Phi) is 15.6. The van der Waals surface area contributed by atoms with Crippen molar-refractivity contribution in [2.45, 2.75) is 97.8 Å². The summed E-state index contributed by atoms with van der Waals surface area (Å²) in [5.41, 5.74) is 0. The van der Waals surface area contributed by atoms with Crippen molar-refractivity contribution in [1.29, 1.82) is 0 Å². The molecule has 0 aliphatic rings. The molecule has 0 saturated heterocycles. The van der Waals surface area contributed by atoms with Gasteiger partial charge in [-0.25, -0.2) is 0 Å². The van der Waals surface area contributed by atoms with Gasteiger partial charge in [-0.1, -0.05) is 0 Å². The molecule has 0 unspecified atom stereocenters. The van der Waals surface area contributed by atoms with Crippen molar-refractivity contribution in [3.05, 3.63) is 0 Å². The molecule has 0 fully saturated rings. The summed E-state index contributed by atoms with van der Waals surface area (Å²) in [7, 11) is 0. The van der Waals surface area contributed by atoms with Crippen LogP contribution < -0.4 is 0 Å². The zero-order chi connectivity index (χ0) is 15.1. The van der Waals surface area contributed by atoms with Crippen molar-refractivity contribution >= 4 is 5.95 Å². The average molecular weight is 351 g/mol. The first-order chi connectivity index (χ1) is 9.68. The topological polar surface area (TPSA) is 0 Å². The van der Waals surface area contributed by atoms with E-state index in [0.717, 1.165) is 0 Å². The molecule has 0 aromatic carbocycles. The maximum atomic E-state index is 6.36. The van der Waals surface area contributed by atoms with Crippen LogP contribution in [-0.2, 0) is 15.6 Å². The van der Waals surface area contributed by atoms with E-state index >= 15 is 0 Å². The van der Waals surface area contributed by atoms with Crippen molar-refractivity contribution in [1.82, 2.24) is 0 Å². The summed E-state index contributed by atoms with van der Waals surface area (Å²) in [6, 6.07) is 0. The first-order valence-corrected chi connectivity index (χ1v) is 13.2. The van der Waals surface area contributed by atoms with Gasteiger partial charge in [0.25, 0.3) is 0 Å². The molecular weight excluding hydrogens is 311 g/mol. The Bertz CT molecular complexity index is 163. The van der Waals surface area contributed by atoms with Crippen LogP contribution in [0, 0.1) is 0 Å². The van der Waals surface area contributed by atoms with Crippen LogP contribution >= 0.6 is 5.95 Å². The zero-order valence-electron chi connectivity index (χ0n) is 14.4. The molecule has 0 aromatic heterocycles. The predicted octanol–water partition coefficient (Wildman–Crippen LogP) is 6.94. The Hall–Kier alpha value is 0.949. The van der Waals surface area contributed by atoms with Gasteiger partial charge in [-0.05, 0) is 0 Å². The van der Waals surface area contributed by atoms with Gasteiger partial charge in [-0.2, -0.15) is 0 Å². The van der Waals surface area contributed by atoms with Gasteiger partial charge in [-0.3, -0.25) is 0 Å². The summed E-state index contributed by atoms with van der Waals surface area (Å²) >= 11 is 6.36. The molecule has 0 saturated carbocycles. The fourth-order valence-corrected chi connectivity index (χ4v) is 7.76. The molecule has 0 aliphatic carbocycles. The normalized spacial score (nSPS) is 12.8. The van der Waals surface area contributed by atoms with E-state index in [1.54, 1.807) is 0 Å². The third-order valence-corrected chi connectivity index (χ3v) is 10.1. The summed E-state index contributed by atoms with van der Waals surface area (Å²) in [6.07, 6.45) is 21.0. The van der Waals surface area contributed by atoms with Gasteiger partial charge in [0, 0.05) is 0 Å². The van der Waals surface area contributed by atoms with Gasteiger partial charge in [-0.15, -0.1) is 0 Å². The standard InChI is InChI=1S/C18H39P.Cu/c1-4-7-10-13-16-19(17-14-11-8-5-2)18-15-12-9-6-3;/h4-18H2,1-3H3;/q;-1/p+1. The molecule has 2 heteroatoms. The minimum absolute atomic E-state index is 1.34. The Labute approximate surface area is 138 Å². The molecule has 0 bridgehead atoms. The average Bonchev–Trinajstić information content (AvgIpc) is 2.45. The van der Waals surface area contributed by atoms with E-state index in [1.165, 1.54) is 95.5 Å². The molecule has 0 amide bonds.